The predicted molar refractivity (Wildman–Crippen MR) is 187 cm³/mol. The van der Waals surface area contributed by atoms with Crippen molar-refractivity contribution in [3.8, 4) is 11.1 Å². The first-order valence-corrected chi connectivity index (χ1v) is 16.0. The van der Waals surface area contributed by atoms with E-state index in [0.717, 1.165) is 27.1 Å². The number of carbonyl (C=O) groups excluding carboxylic acids is 4. The Labute approximate surface area is 277 Å². The average Bonchev–Trinajstić information content (AvgIpc) is 3.38. The van der Waals surface area contributed by atoms with Gasteiger partial charge in [-0.05, 0) is 78.2 Å². The fourth-order valence-corrected chi connectivity index (χ4v) is 6.21. The summed E-state index contributed by atoms with van der Waals surface area (Å²) in [6.45, 7) is 1.95. The highest BCUT2D eigenvalue weighted by Crippen LogP contribution is 2.34. The Morgan fingerprint density at radius 1 is 0.745 bits per heavy atom. The second-order valence-corrected chi connectivity index (χ2v) is 12.3. The highest BCUT2D eigenvalue weighted by molar-refractivity contribution is 8.00. The first kappa shape index (κ1) is 31.3. The van der Waals surface area contributed by atoms with Crippen molar-refractivity contribution in [3.05, 3.63) is 156 Å². The lowest BCUT2D eigenvalue weighted by atomic mass is 10.0. The van der Waals surface area contributed by atoms with E-state index in [1.807, 2.05) is 79.7 Å². The van der Waals surface area contributed by atoms with Crippen molar-refractivity contribution in [2.75, 3.05) is 10.2 Å². The molecule has 1 fully saturated rings. The minimum atomic E-state index is -0.541. The number of nitrogens with one attached hydrogen (secondary N) is 2. The maximum atomic E-state index is 13.5. The second kappa shape index (κ2) is 14.1. The summed E-state index contributed by atoms with van der Waals surface area (Å²) in [6, 6.07) is 40.7. The topological polar surface area (TPSA) is 95.6 Å². The van der Waals surface area contributed by atoms with Gasteiger partial charge in [0.1, 0.15) is 5.70 Å². The van der Waals surface area contributed by atoms with Crippen LogP contribution in [-0.2, 0) is 14.4 Å². The minimum Gasteiger partial charge on any atom is -0.321 e. The van der Waals surface area contributed by atoms with Crippen molar-refractivity contribution in [2.24, 2.45) is 0 Å². The van der Waals surface area contributed by atoms with E-state index in [1.165, 1.54) is 16.7 Å². The highest BCUT2D eigenvalue weighted by atomic mass is 32.2. The third-order valence-electron chi connectivity index (χ3n) is 7.65. The smallest absolute Gasteiger partial charge is 0.272 e. The minimum absolute atomic E-state index is 0.0797. The number of anilines is 2. The fourth-order valence-electron chi connectivity index (χ4n) is 5.15. The second-order valence-electron chi connectivity index (χ2n) is 11.1. The van der Waals surface area contributed by atoms with Crippen LogP contribution in [-0.4, -0.2) is 28.9 Å². The van der Waals surface area contributed by atoms with E-state index >= 15 is 0 Å². The number of benzene rings is 5. The van der Waals surface area contributed by atoms with Gasteiger partial charge in [0.2, 0.25) is 11.8 Å². The van der Waals surface area contributed by atoms with Crippen LogP contribution in [0.2, 0.25) is 0 Å². The lowest BCUT2D eigenvalue weighted by Gasteiger charge is -2.15. The van der Waals surface area contributed by atoms with Crippen molar-refractivity contribution >= 4 is 52.8 Å². The molecule has 1 aliphatic rings. The molecule has 5 aromatic rings. The molecule has 1 atom stereocenters. The average molecular weight is 638 g/mol. The molecule has 1 aliphatic heterocycles. The zero-order chi connectivity index (χ0) is 32.8. The molecule has 1 saturated heterocycles. The number of carbonyl (C=O) groups is 4. The van der Waals surface area contributed by atoms with Crippen LogP contribution in [0.3, 0.4) is 0 Å². The number of thioether (sulfide) groups is 1. The van der Waals surface area contributed by atoms with Crippen molar-refractivity contribution in [1.82, 2.24) is 5.32 Å². The highest BCUT2D eigenvalue weighted by Gasteiger charge is 2.40. The monoisotopic (exact) mass is 637 g/mol. The van der Waals surface area contributed by atoms with Gasteiger partial charge in [0.15, 0.2) is 0 Å². The number of amides is 4. The van der Waals surface area contributed by atoms with E-state index in [0.29, 0.717) is 16.9 Å². The number of hydrogen-bond donors (Lipinski definition) is 2. The number of imide groups is 1. The Balaban J connectivity index is 1.16. The number of rotatable bonds is 9. The van der Waals surface area contributed by atoms with Gasteiger partial charge in [-0.2, -0.15) is 0 Å². The maximum Gasteiger partial charge on any atom is 0.272 e. The van der Waals surface area contributed by atoms with Crippen LogP contribution >= 0.6 is 11.8 Å². The molecule has 1 heterocycles. The van der Waals surface area contributed by atoms with Crippen LogP contribution in [0.5, 0.6) is 0 Å². The van der Waals surface area contributed by atoms with Crippen LogP contribution in [0.25, 0.3) is 17.2 Å². The molecular formula is C39H31N3O4S. The Morgan fingerprint density at radius 2 is 1.36 bits per heavy atom. The van der Waals surface area contributed by atoms with E-state index in [4.69, 9.17) is 0 Å². The van der Waals surface area contributed by atoms with Gasteiger partial charge in [0, 0.05) is 22.6 Å². The van der Waals surface area contributed by atoms with Crippen LogP contribution in [0.15, 0.2) is 144 Å². The van der Waals surface area contributed by atoms with Gasteiger partial charge in [0.25, 0.3) is 11.8 Å². The van der Waals surface area contributed by atoms with Crippen molar-refractivity contribution in [3.63, 3.8) is 0 Å². The molecule has 7 nitrogen and oxygen atoms in total. The standard InChI is InChI=1S/C39H31N3O4S/c1-26-12-20-32(21-13-26)42-36(43)25-35(39(42)46)47-33-22-18-31(19-23-33)40-38(45)34(41-37(44)30-10-6-3-7-11-30)24-27-14-16-29(17-15-27)28-8-4-2-5-9-28/h2-24,35H,25H2,1H3,(H,40,45)(H,41,44)/b34-24-. The predicted octanol–water partition coefficient (Wildman–Crippen LogP) is 7.50. The normalized spacial score (nSPS) is 14.6. The molecule has 0 aromatic heterocycles. The molecule has 1 unspecified atom stereocenters. The van der Waals surface area contributed by atoms with Crippen molar-refractivity contribution in [2.45, 2.75) is 23.5 Å². The molecule has 0 saturated carbocycles. The van der Waals surface area contributed by atoms with Crippen molar-refractivity contribution in [1.29, 1.82) is 0 Å². The van der Waals surface area contributed by atoms with Gasteiger partial charge in [-0.1, -0.05) is 90.5 Å². The summed E-state index contributed by atoms with van der Waals surface area (Å²) in [5.41, 5.74) is 5.48. The molecule has 5 aromatic carbocycles. The quantitative estimate of drug-likeness (QED) is 0.129. The summed E-state index contributed by atoms with van der Waals surface area (Å²) in [7, 11) is 0. The SMILES string of the molecule is Cc1ccc(N2C(=O)CC(Sc3ccc(NC(=O)/C(=C/c4ccc(-c5ccccc5)cc4)NC(=O)c4ccccc4)cc3)C2=O)cc1. The van der Waals surface area contributed by atoms with E-state index in [2.05, 4.69) is 10.6 Å². The molecule has 8 heteroatoms. The zero-order valence-electron chi connectivity index (χ0n) is 25.6. The third-order valence-corrected chi connectivity index (χ3v) is 8.84. The summed E-state index contributed by atoms with van der Waals surface area (Å²) in [5, 5.41) is 5.09. The Bertz CT molecular complexity index is 1940. The van der Waals surface area contributed by atoms with E-state index in [1.54, 1.807) is 66.7 Å². The first-order valence-electron chi connectivity index (χ1n) is 15.1. The van der Waals surface area contributed by atoms with E-state index in [9.17, 15) is 19.2 Å². The van der Waals surface area contributed by atoms with Gasteiger partial charge < -0.3 is 10.6 Å². The Kier molecular flexibility index (Phi) is 9.41. The maximum absolute atomic E-state index is 13.5. The summed E-state index contributed by atoms with van der Waals surface area (Å²) >= 11 is 1.31. The Morgan fingerprint density at radius 3 is 2.02 bits per heavy atom. The summed E-state index contributed by atoms with van der Waals surface area (Å²) in [5.74, 6) is -1.38. The Hall–Kier alpha value is -5.73. The molecule has 0 radical (unpaired) electrons. The van der Waals surface area contributed by atoms with Crippen molar-refractivity contribution < 1.29 is 19.2 Å². The zero-order valence-corrected chi connectivity index (χ0v) is 26.4. The first-order chi connectivity index (χ1) is 22.8. The number of hydrogen-bond acceptors (Lipinski definition) is 5. The van der Waals surface area contributed by atoms with Crippen LogP contribution < -0.4 is 15.5 Å². The molecule has 0 bridgehead atoms. The fraction of sp³-hybridized carbons (Fsp3) is 0.0769. The number of nitrogens with zero attached hydrogens (tertiary/aromatic N) is 1. The molecule has 0 aliphatic carbocycles. The largest absolute Gasteiger partial charge is 0.321 e. The van der Waals surface area contributed by atoms with E-state index in [-0.39, 0.29) is 23.9 Å². The van der Waals surface area contributed by atoms with Gasteiger partial charge in [-0.3, -0.25) is 19.2 Å². The van der Waals surface area contributed by atoms with Gasteiger partial charge >= 0.3 is 0 Å². The molecular weight excluding hydrogens is 607 g/mol. The summed E-state index contributed by atoms with van der Waals surface area (Å²) in [4.78, 5) is 54.4. The number of aryl methyl sites for hydroxylation is 1. The summed E-state index contributed by atoms with van der Waals surface area (Å²) in [6.07, 6.45) is 1.75. The van der Waals surface area contributed by atoms with Gasteiger partial charge in [-0.15, -0.1) is 11.8 Å². The molecule has 4 amide bonds. The molecule has 47 heavy (non-hydrogen) atoms. The van der Waals surface area contributed by atoms with Gasteiger partial charge in [-0.25, -0.2) is 4.90 Å². The summed E-state index contributed by atoms with van der Waals surface area (Å²) < 4.78 is 0. The molecule has 232 valence electrons. The lowest BCUT2D eigenvalue weighted by molar-refractivity contribution is -0.121. The van der Waals surface area contributed by atoms with Crippen LogP contribution in [0, 0.1) is 6.92 Å². The molecule has 6 rings (SSSR count). The van der Waals surface area contributed by atoms with Gasteiger partial charge in [0.05, 0.1) is 10.9 Å². The van der Waals surface area contributed by atoms with E-state index < -0.39 is 17.1 Å². The van der Waals surface area contributed by atoms with Crippen LogP contribution in [0.1, 0.15) is 27.9 Å². The third kappa shape index (κ3) is 7.57. The lowest BCUT2D eigenvalue weighted by Crippen LogP contribution is -2.31. The molecule has 0 spiro atoms. The van der Waals surface area contributed by atoms with Crippen LogP contribution in [0.4, 0.5) is 11.4 Å². The molecule has 2 N–H and O–H groups in total.